The lowest BCUT2D eigenvalue weighted by Crippen LogP contribution is -2.31. The lowest BCUT2D eigenvalue weighted by Gasteiger charge is -2.25. The summed E-state index contributed by atoms with van der Waals surface area (Å²) in [5.74, 6) is 0.141. The van der Waals surface area contributed by atoms with Crippen molar-refractivity contribution in [2.75, 3.05) is 32.1 Å². The first kappa shape index (κ1) is 13.9. The Balaban J connectivity index is 2.12. The highest BCUT2D eigenvalue weighted by molar-refractivity contribution is 5.76. The van der Waals surface area contributed by atoms with Gasteiger partial charge in [-0.2, -0.15) is 0 Å². The number of benzene rings is 1. The van der Waals surface area contributed by atoms with Crippen LogP contribution in [-0.2, 0) is 4.79 Å². The number of amides is 1. The Hall–Kier alpha value is -1.55. The highest BCUT2D eigenvalue weighted by Gasteiger charge is 2.21. The van der Waals surface area contributed by atoms with Crippen LogP contribution in [0.25, 0.3) is 0 Å². The Morgan fingerprint density at radius 2 is 2.16 bits per heavy atom. The molecule has 0 fully saturated rings. The molecule has 1 amide bonds. The molecule has 0 radical (unpaired) electrons. The maximum atomic E-state index is 11.7. The third kappa shape index (κ3) is 3.26. The fourth-order valence-electron chi connectivity index (χ4n) is 2.50. The van der Waals surface area contributed by atoms with Crippen LogP contribution in [0.5, 0.6) is 0 Å². The number of para-hydroxylation sites is 1. The fraction of sp³-hybridized carbons (Fsp3) is 0.533. The Kier molecular flexibility index (Phi) is 4.43. The van der Waals surface area contributed by atoms with Gasteiger partial charge >= 0.3 is 0 Å². The van der Waals surface area contributed by atoms with E-state index in [4.69, 9.17) is 0 Å². The maximum absolute atomic E-state index is 11.7. The van der Waals surface area contributed by atoms with E-state index in [1.165, 1.54) is 0 Å². The molecular formula is C15H22N2O2. The third-order valence-corrected chi connectivity index (χ3v) is 3.64. The van der Waals surface area contributed by atoms with Gasteiger partial charge in [0.05, 0.1) is 6.10 Å². The van der Waals surface area contributed by atoms with Crippen LogP contribution in [0.3, 0.4) is 0 Å². The van der Waals surface area contributed by atoms with Gasteiger partial charge in [0, 0.05) is 44.9 Å². The number of rotatable bonds is 3. The normalized spacial score (nSPS) is 18.7. The second kappa shape index (κ2) is 6.06. The van der Waals surface area contributed by atoms with E-state index >= 15 is 0 Å². The Bertz CT molecular complexity index is 446. The molecule has 104 valence electrons. The number of aliphatic hydroxyl groups excluding tert-OH is 1. The summed E-state index contributed by atoms with van der Waals surface area (Å²) < 4.78 is 0. The van der Waals surface area contributed by atoms with Crippen molar-refractivity contribution in [2.45, 2.75) is 25.4 Å². The summed E-state index contributed by atoms with van der Waals surface area (Å²) in [5, 5.41) is 10.1. The van der Waals surface area contributed by atoms with Crippen LogP contribution < -0.4 is 4.90 Å². The molecule has 1 N–H and O–H groups in total. The first-order chi connectivity index (χ1) is 9.09. The summed E-state index contributed by atoms with van der Waals surface area (Å²) in [5.41, 5.74) is 2.05. The molecule has 1 unspecified atom stereocenters. The van der Waals surface area contributed by atoms with Gasteiger partial charge in [-0.3, -0.25) is 4.79 Å². The summed E-state index contributed by atoms with van der Waals surface area (Å²) in [7, 11) is 3.56. The van der Waals surface area contributed by atoms with Crippen molar-refractivity contribution in [1.82, 2.24) is 4.90 Å². The largest absolute Gasteiger partial charge is 0.388 e. The average molecular weight is 262 g/mol. The molecule has 0 aliphatic carbocycles. The molecule has 1 heterocycles. The first-order valence-corrected chi connectivity index (χ1v) is 6.81. The van der Waals surface area contributed by atoms with Gasteiger partial charge in [0.2, 0.25) is 5.91 Å². The first-order valence-electron chi connectivity index (χ1n) is 6.81. The molecule has 0 saturated heterocycles. The number of fused-ring (bicyclic) bond motifs is 1. The molecular weight excluding hydrogens is 240 g/mol. The maximum Gasteiger partial charge on any atom is 0.223 e. The van der Waals surface area contributed by atoms with Crippen LogP contribution in [0.4, 0.5) is 5.69 Å². The fourth-order valence-corrected chi connectivity index (χ4v) is 2.50. The molecule has 1 aromatic carbocycles. The summed E-state index contributed by atoms with van der Waals surface area (Å²) >= 11 is 0. The van der Waals surface area contributed by atoms with E-state index in [1.807, 2.05) is 24.3 Å². The molecule has 0 bridgehead atoms. The highest BCUT2D eigenvalue weighted by Crippen LogP contribution is 2.32. The quantitative estimate of drug-likeness (QED) is 0.903. The van der Waals surface area contributed by atoms with Crippen LogP contribution >= 0.6 is 0 Å². The number of carbonyl (C=O) groups excluding carboxylic acids is 1. The van der Waals surface area contributed by atoms with Crippen LogP contribution in [0.2, 0.25) is 0 Å². The SMILES string of the molecule is CN(C)C(=O)CCN1CCCC(O)c2ccccc21. The van der Waals surface area contributed by atoms with E-state index in [-0.39, 0.29) is 12.0 Å². The van der Waals surface area contributed by atoms with E-state index in [1.54, 1.807) is 19.0 Å². The smallest absolute Gasteiger partial charge is 0.223 e. The van der Waals surface area contributed by atoms with E-state index < -0.39 is 0 Å². The summed E-state index contributed by atoms with van der Waals surface area (Å²) in [6, 6.07) is 7.95. The van der Waals surface area contributed by atoms with E-state index in [2.05, 4.69) is 4.90 Å². The summed E-state index contributed by atoms with van der Waals surface area (Å²) in [6.07, 6.45) is 1.87. The average Bonchev–Trinajstić information content (AvgIpc) is 2.56. The third-order valence-electron chi connectivity index (χ3n) is 3.64. The second-order valence-electron chi connectivity index (χ2n) is 5.24. The molecule has 0 spiro atoms. The molecule has 4 nitrogen and oxygen atoms in total. The minimum absolute atomic E-state index is 0.141. The topological polar surface area (TPSA) is 43.8 Å². The van der Waals surface area contributed by atoms with Crippen LogP contribution in [-0.4, -0.2) is 43.1 Å². The number of nitrogens with zero attached hydrogens (tertiary/aromatic N) is 2. The van der Waals surface area contributed by atoms with Gasteiger partial charge in [-0.15, -0.1) is 0 Å². The molecule has 0 aromatic heterocycles. The Morgan fingerprint density at radius 3 is 2.89 bits per heavy atom. The molecule has 19 heavy (non-hydrogen) atoms. The number of carbonyl (C=O) groups is 1. The van der Waals surface area contributed by atoms with E-state index in [0.29, 0.717) is 13.0 Å². The van der Waals surface area contributed by atoms with Crippen molar-refractivity contribution in [1.29, 1.82) is 0 Å². The van der Waals surface area contributed by atoms with Gasteiger partial charge in [-0.25, -0.2) is 0 Å². The minimum atomic E-state index is -0.384. The lowest BCUT2D eigenvalue weighted by molar-refractivity contribution is -0.128. The Labute approximate surface area is 114 Å². The predicted molar refractivity (Wildman–Crippen MR) is 76.2 cm³/mol. The van der Waals surface area contributed by atoms with E-state index in [9.17, 15) is 9.90 Å². The summed E-state index contributed by atoms with van der Waals surface area (Å²) in [4.78, 5) is 15.5. The standard InChI is InChI=1S/C15H22N2O2/c1-16(2)15(19)9-11-17-10-5-8-14(18)12-6-3-4-7-13(12)17/h3-4,6-7,14,18H,5,8-11H2,1-2H3. The number of hydrogen-bond donors (Lipinski definition) is 1. The van der Waals surface area contributed by atoms with Crippen molar-refractivity contribution in [3.63, 3.8) is 0 Å². The van der Waals surface area contributed by atoms with Gasteiger partial charge in [-0.1, -0.05) is 18.2 Å². The molecule has 1 aliphatic heterocycles. The Morgan fingerprint density at radius 1 is 1.42 bits per heavy atom. The van der Waals surface area contributed by atoms with Gasteiger partial charge in [0.25, 0.3) is 0 Å². The van der Waals surface area contributed by atoms with Gasteiger partial charge in [0.1, 0.15) is 0 Å². The molecule has 1 aromatic rings. The van der Waals surface area contributed by atoms with Crippen LogP contribution in [0, 0.1) is 0 Å². The van der Waals surface area contributed by atoms with E-state index in [0.717, 1.165) is 30.6 Å². The molecule has 1 aliphatic rings. The zero-order chi connectivity index (χ0) is 13.8. The number of hydrogen-bond acceptors (Lipinski definition) is 3. The van der Waals surface area contributed by atoms with Crippen LogP contribution in [0.1, 0.15) is 30.9 Å². The van der Waals surface area contributed by atoms with Crippen molar-refractivity contribution in [2.24, 2.45) is 0 Å². The van der Waals surface area contributed by atoms with Crippen molar-refractivity contribution >= 4 is 11.6 Å². The number of anilines is 1. The second-order valence-corrected chi connectivity index (χ2v) is 5.24. The van der Waals surface area contributed by atoms with Crippen molar-refractivity contribution < 1.29 is 9.90 Å². The predicted octanol–water partition coefficient (Wildman–Crippen LogP) is 1.80. The van der Waals surface area contributed by atoms with Gasteiger partial charge in [-0.05, 0) is 18.9 Å². The van der Waals surface area contributed by atoms with Gasteiger partial charge < -0.3 is 14.9 Å². The molecule has 1 atom stereocenters. The number of aliphatic hydroxyl groups is 1. The lowest BCUT2D eigenvalue weighted by atomic mass is 10.0. The molecule has 4 heteroatoms. The molecule has 0 saturated carbocycles. The van der Waals surface area contributed by atoms with Gasteiger partial charge in [0.15, 0.2) is 0 Å². The monoisotopic (exact) mass is 262 g/mol. The van der Waals surface area contributed by atoms with Crippen LogP contribution in [0.15, 0.2) is 24.3 Å². The molecule has 2 rings (SSSR count). The highest BCUT2D eigenvalue weighted by atomic mass is 16.3. The zero-order valence-corrected chi connectivity index (χ0v) is 11.7. The van der Waals surface area contributed by atoms with Crippen molar-refractivity contribution in [3.8, 4) is 0 Å². The minimum Gasteiger partial charge on any atom is -0.388 e. The summed E-state index contributed by atoms with van der Waals surface area (Å²) in [6.45, 7) is 1.61. The zero-order valence-electron chi connectivity index (χ0n) is 11.7. The van der Waals surface area contributed by atoms with Crippen molar-refractivity contribution in [3.05, 3.63) is 29.8 Å².